The summed E-state index contributed by atoms with van der Waals surface area (Å²) >= 11 is 1.54. The molecule has 1 saturated carbocycles. The number of amidine groups is 1. The molecule has 8 heteroatoms. The number of carbonyl (C=O) groups is 3. The smallest absolute Gasteiger partial charge is 0.309 e. The predicted molar refractivity (Wildman–Crippen MR) is 117 cm³/mol. The van der Waals surface area contributed by atoms with E-state index in [1.54, 1.807) is 11.8 Å². The first kappa shape index (κ1) is 23.7. The van der Waals surface area contributed by atoms with Crippen molar-refractivity contribution in [1.29, 1.82) is 0 Å². The van der Waals surface area contributed by atoms with Crippen molar-refractivity contribution in [3.05, 3.63) is 0 Å². The number of nitrogens with zero attached hydrogens (tertiary/aromatic N) is 2. The fourth-order valence-electron chi connectivity index (χ4n) is 4.14. The third-order valence-corrected chi connectivity index (χ3v) is 6.86. The first-order valence-corrected chi connectivity index (χ1v) is 12.0. The van der Waals surface area contributed by atoms with E-state index in [0.717, 1.165) is 70.1 Å². The van der Waals surface area contributed by atoms with E-state index in [0.29, 0.717) is 5.17 Å². The largest absolute Gasteiger partial charge is 0.352 e. The Balaban J connectivity index is 2.09. The van der Waals surface area contributed by atoms with Crippen molar-refractivity contribution < 1.29 is 14.4 Å². The molecular weight excluding hydrogens is 388 g/mol. The molecule has 1 aliphatic carbocycles. The van der Waals surface area contributed by atoms with Crippen molar-refractivity contribution in [2.75, 3.05) is 19.3 Å². The van der Waals surface area contributed by atoms with Gasteiger partial charge in [-0.1, -0.05) is 57.7 Å². The molecule has 0 aromatic heterocycles. The minimum absolute atomic E-state index is 0.0352. The van der Waals surface area contributed by atoms with Gasteiger partial charge in [0.15, 0.2) is 5.17 Å². The lowest BCUT2D eigenvalue weighted by atomic mass is 9.85. The zero-order valence-electron chi connectivity index (χ0n) is 18.0. The van der Waals surface area contributed by atoms with Gasteiger partial charge in [0.2, 0.25) is 11.7 Å². The van der Waals surface area contributed by atoms with E-state index in [2.05, 4.69) is 29.7 Å². The van der Waals surface area contributed by atoms with Gasteiger partial charge in [0.05, 0.1) is 0 Å². The first-order valence-electron chi connectivity index (χ1n) is 11.0. The summed E-state index contributed by atoms with van der Waals surface area (Å²) in [6, 6.07) is -0.779. The molecule has 0 aromatic rings. The van der Waals surface area contributed by atoms with E-state index < -0.39 is 17.7 Å². The number of hydrogen-bond donors (Lipinski definition) is 2. The normalized spacial score (nSPS) is 20.1. The fourth-order valence-corrected chi connectivity index (χ4v) is 5.11. The molecule has 0 radical (unpaired) electrons. The molecule has 1 atom stereocenters. The van der Waals surface area contributed by atoms with Gasteiger partial charge in [-0.05, 0) is 31.6 Å². The third-order valence-electron chi connectivity index (χ3n) is 5.81. The average Bonchev–Trinajstić information content (AvgIpc) is 3.14. The van der Waals surface area contributed by atoms with Crippen molar-refractivity contribution >= 4 is 34.5 Å². The van der Waals surface area contributed by atoms with Crippen molar-refractivity contribution in [3.8, 4) is 0 Å². The number of nitrogens with one attached hydrogen (secondary N) is 2. The molecule has 164 valence electrons. The number of amides is 2. The summed E-state index contributed by atoms with van der Waals surface area (Å²) < 4.78 is 0. The van der Waals surface area contributed by atoms with Crippen LogP contribution in [0.1, 0.15) is 71.6 Å². The van der Waals surface area contributed by atoms with Gasteiger partial charge >= 0.3 is 5.91 Å². The summed E-state index contributed by atoms with van der Waals surface area (Å²) in [5.41, 5.74) is 2.41. The van der Waals surface area contributed by atoms with Gasteiger partial charge in [0, 0.05) is 25.3 Å². The van der Waals surface area contributed by atoms with Crippen molar-refractivity contribution in [1.82, 2.24) is 15.6 Å². The topological polar surface area (TPSA) is 90.9 Å². The van der Waals surface area contributed by atoms with Crippen LogP contribution in [0.4, 0.5) is 0 Å². The zero-order valence-corrected chi connectivity index (χ0v) is 18.9. The van der Waals surface area contributed by atoms with E-state index in [1.165, 1.54) is 0 Å². The number of Topliss-reactive ketones (excluding diaryl/α,β-unsaturated/α-hetero) is 1. The van der Waals surface area contributed by atoms with Gasteiger partial charge in [-0.15, -0.1) is 5.10 Å². The molecule has 7 nitrogen and oxygen atoms in total. The standard InChI is InChI=1S/C21H36N4O3S/c1-4-9-15(10-5-2)17(22-19(27)16-11-7-6-8-12-16)18(26)20(28)23-24-21-25(3)13-14-29-21/h15-17H,4-14H2,1-3H3,(H,22,27)(H,23,28). The summed E-state index contributed by atoms with van der Waals surface area (Å²) in [4.78, 5) is 40.4. The Morgan fingerprint density at radius 2 is 1.79 bits per heavy atom. The quantitative estimate of drug-likeness (QED) is 0.416. The maximum Gasteiger partial charge on any atom is 0.309 e. The zero-order chi connectivity index (χ0) is 21.2. The lowest BCUT2D eigenvalue weighted by Gasteiger charge is -2.29. The maximum atomic E-state index is 13.0. The van der Waals surface area contributed by atoms with E-state index >= 15 is 0 Å². The molecule has 1 unspecified atom stereocenters. The molecule has 0 bridgehead atoms. The van der Waals surface area contributed by atoms with Crippen LogP contribution in [0.2, 0.25) is 0 Å². The van der Waals surface area contributed by atoms with Gasteiger partial charge < -0.3 is 10.2 Å². The maximum absolute atomic E-state index is 13.0. The molecular formula is C21H36N4O3S. The Morgan fingerprint density at radius 3 is 2.34 bits per heavy atom. The first-order chi connectivity index (χ1) is 14.0. The van der Waals surface area contributed by atoms with E-state index in [4.69, 9.17) is 0 Å². The summed E-state index contributed by atoms with van der Waals surface area (Å²) in [6.07, 6.45) is 8.39. The molecule has 2 fully saturated rings. The highest BCUT2D eigenvalue weighted by atomic mass is 32.2. The van der Waals surface area contributed by atoms with Gasteiger partial charge in [0.25, 0.3) is 0 Å². The minimum Gasteiger partial charge on any atom is -0.352 e. The van der Waals surface area contributed by atoms with Crippen LogP contribution < -0.4 is 10.7 Å². The third kappa shape index (κ3) is 7.01. The van der Waals surface area contributed by atoms with Gasteiger partial charge in [-0.25, -0.2) is 5.43 Å². The van der Waals surface area contributed by atoms with Gasteiger partial charge in [-0.2, -0.15) is 0 Å². The van der Waals surface area contributed by atoms with E-state index in [1.807, 2.05) is 11.9 Å². The second-order valence-corrected chi connectivity index (χ2v) is 9.19. The Morgan fingerprint density at radius 1 is 1.14 bits per heavy atom. The molecule has 29 heavy (non-hydrogen) atoms. The highest BCUT2D eigenvalue weighted by Crippen LogP contribution is 2.25. The Labute approximate surface area is 178 Å². The van der Waals surface area contributed by atoms with E-state index in [9.17, 15) is 14.4 Å². The second kappa shape index (κ2) is 12.2. The Kier molecular flexibility index (Phi) is 9.97. The van der Waals surface area contributed by atoms with Crippen LogP contribution in [0.3, 0.4) is 0 Å². The Bertz CT molecular complexity index is 599. The van der Waals surface area contributed by atoms with Gasteiger partial charge in [0.1, 0.15) is 6.04 Å². The monoisotopic (exact) mass is 424 g/mol. The van der Waals surface area contributed by atoms with Crippen LogP contribution in [-0.4, -0.2) is 53.1 Å². The number of rotatable bonds is 10. The van der Waals surface area contributed by atoms with Crippen LogP contribution in [-0.2, 0) is 14.4 Å². The van der Waals surface area contributed by atoms with Crippen molar-refractivity contribution in [2.45, 2.75) is 77.7 Å². The molecule has 0 aromatic carbocycles. The van der Waals surface area contributed by atoms with Crippen LogP contribution in [0.25, 0.3) is 0 Å². The van der Waals surface area contributed by atoms with Crippen molar-refractivity contribution in [3.63, 3.8) is 0 Å². The number of hydrogen-bond acceptors (Lipinski definition) is 5. The van der Waals surface area contributed by atoms with Crippen LogP contribution >= 0.6 is 11.8 Å². The summed E-state index contributed by atoms with van der Waals surface area (Å²) in [7, 11) is 1.90. The molecule has 1 heterocycles. The lowest BCUT2D eigenvalue weighted by Crippen LogP contribution is -2.52. The molecule has 1 aliphatic heterocycles. The SMILES string of the molecule is CCCC(CCC)C(NC(=O)C1CCCCC1)C(=O)C(=O)NN=C1SCCN1C. The van der Waals surface area contributed by atoms with E-state index in [-0.39, 0.29) is 17.7 Å². The highest BCUT2D eigenvalue weighted by Gasteiger charge is 2.35. The molecule has 2 amide bonds. The van der Waals surface area contributed by atoms with Crippen LogP contribution in [0.5, 0.6) is 0 Å². The number of ketones is 1. The molecule has 0 spiro atoms. The molecule has 2 N–H and O–H groups in total. The molecule has 1 saturated heterocycles. The second-order valence-electron chi connectivity index (χ2n) is 8.13. The summed E-state index contributed by atoms with van der Waals surface area (Å²) in [5.74, 6) is -0.582. The number of hydrazone groups is 1. The highest BCUT2D eigenvalue weighted by molar-refractivity contribution is 8.14. The molecule has 2 rings (SSSR count). The van der Waals surface area contributed by atoms with Crippen LogP contribution in [0, 0.1) is 11.8 Å². The fraction of sp³-hybridized carbons (Fsp3) is 0.810. The minimum atomic E-state index is -0.779. The predicted octanol–water partition coefficient (Wildman–Crippen LogP) is 2.90. The number of carbonyl (C=O) groups excluding carboxylic acids is 3. The number of thioether (sulfide) groups is 1. The lowest BCUT2D eigenvalue weighted by molar-refractivity contribution is -0.141. The molecule has 2 aliphatic rings. The van der Waals surface area contributed by atoms with Crippen LogP contribution in [0.15, 0.2) is 5.10 Å². The van der Waals surface area contributed by atoms with Gasteiger partial charge in [-0.3, -0.25) is 14.4 Å². The van der Waals surface area contributed by atoms with Crippen molar-refractivity contribution in [2.24, 2.45) is 16.9 Å². The summed E-state index contributed by atoms with van der Waals surface area (Å²) in [5, 5.41) is 7.76. The average molecular weight is 425 g/mol. The summed E-state index contributed by atoms with van der Waals surface area (Å²) in [6.45, 7) is 4.99. The Hall–Kier alpha value is -1.57.